The predicted octanol–water partition coefficient (Wildman–Crippen LogP) is 3.03. The molecule has 2 aliphatic rings. The lowest BCUT2D eigenvalue weighted by Crippen LogP contribution is -2.44. The van der Waals surface area contributed by atoms with Crippen molar-refractivity contribution in [3.8, 4) is 0 Å². The molecule has 4 rings (SSSR count). The molecule has 0 unspecified atom stereocenters. The Morgan fingerprint density at radius 1 is 1.16 bits per heavy atom. The van der Waals surface area contributed by atoms with Gasteiger partial charge in [-0.3, -0.25) is 4.79 Å². The number of nitrogens with one attached hydrogen (secondary N) is 1. The van der Waals surface area contributed by atoms with Crippen molar-refractivity contribution in [1.82, 2.24) is 9.88 Å². The largest absolute Gasteiger partial charge is 0.368 e. The van der Waals surface area contributed by atoms with E-state index in [2.05, 4.69) is 33.2 Å². The number of aromatic nitrogens is 1. The average Bonchev–Trinajstić information content (AvgIpc) is 3.07. The van der Waals surface area contributed by atoms with Gasteiger partial charge in [-0.05, 0) is 50.4 Å². The number of thiophene rings is 1. The summed E-state index contributed by atoms with van der Waals surface area (Å²) >= 11 is 1.72. The van der Waals surface area contributed by atoms with Gasteiger partial charge < -0.3 is 15.1 Å². The van der Waals surface area contributed by atoms with Crippen LogP contribution in [0.5, 0.6) is 0 Å². The van der Waals surface area contributed by atoms with E-state index in [4.69, 9.17) is 0 Å². The number of hydrogen-bond acceptors (Lipinski definition) is 5. The van der Waals surface area contributed by atoms with Crippen molar-refractivity contribution >= 4 is 28.7 Å². The summed E-state index contributed by atoms with van der Waals surface area (Å²) in [6.45, 7) is 4.18. The molecule has 2 aromatic heterocycles. The van der Waals surface area contributed by atoms with Gasteiger partial charge in [0.05, 0.1) is 17.4 Å². The summed E-state index contributed by atoms with van der Waals surface area (Å²) in [6.07, 6.45) is 6.43. The second kappa shape index (κ2) is 7.14. The molecule has 1 fully saturated rings. The van der Waals surface area contributed by atoms with Crippen LogP contribution in [-0.4, -0.2) is 49.0 Å². The van der Waals surface area contributed by atoms with Gasteiger partial charge in [0, 0.05) is 36.4 Å². The number of rotatable bonds is 3. The number of nitrogens with zero attached hydrogens (tertiary/aromatic N) is 3. The summed E-state index contributed by atoms with van der Waals surface area (Å²) in [5, 5.41) is 4.97. The summed E-state index contributed by atoms with van der Waals surface area (Å²) in [4.78, 5) is 23.1. The second-order valence-corrected chi connectivity index (χ2v) is 7.87. The Hall–Kier alpha value is -1.92. The van der Waals surface area contributed by atoms with Crippen LogP contribution in [0.4, 0.5) is 11.5 Å². The van der Waals surface area contributed by atoms with Gasteiger partial charge in [0.1, 0.15) is 5.82 Å². The fourth-order valence-corrected chi connectivity index (χ4v) is 4.71. The molecule has 1 aliphatic heterocycles. The second-order valence-electron chi connectivity index (χ2n) is 6.90. The minimum atomic E-state index is -0.0285. The minimum absolute atomic E-state index is 0.0285. The summed E-state index contributed by atoms with van der Waals surface area (Å²) < 4.78 is 0. The van der Waals surface area contributed by atoms with Crippen molar-refractivity contribution < 1.29 is 4.79 Å². The van der Waals surface area contributed by atoms with Crippen LogP contribution in [0.3, 0.4) is 0 Å². The zero-order valence-electron chi connectivity index (χ0n) is 14.6. The van der Waals surface area contributed by atoms with Crippen LogP contribution in [0.1, 0.15) is 33.6 Å². The van der Waals surface area contributed by atoms with Gasteiger partial charge in [0.2, 0.25) is 0 Å². The Morgan fingerprint density at radius 3 is 2.72 bits per heavy atom. The van der Waals surface area contributed by atoms with Gasteiger partial charge in [0.15, 0.2) is 0 Å². The lowest BCUT2D eigenvalue weighted by molar-refractivity contribution is 0.102. The molecular formula is C19H24N4OS. The van der Waals surface area contributed by atoms with E-state index in [1.54, 1.807) is 11.3 Å². The first-order valence-electron chi connectivity index (χ1n) is 9.01. The smallest absolute Gasteiger partial charge is 0.257 e. The number of piperazine rings is 1. The van der Waals surface area contributed by atoms with Gasteiger partial charge in [-0.2, -0.15) is 0 Å². The quantitative estimate of drug-likeness (QED) is 0.918. The highest BCUT2D eigenvalue weighted by Gasteiger charge is 2.20. The first-order chi connectivity index (χ1) is 12.2. The Kier molecular flexibility index (Phi) is 4.72. The Morgan fingerprint density at radius 2 is 1.96 bits per heavy atom. The third-order valence-electron chi connectivity index (χ3n) is 5.16. The van der Waals surface area contributed by atoms with Gasteiger partial charge in [-0.15, -0.1) is 11.3 Å². The van der Waals surface area contributed by atoms with E-state index in [1.807, 2.05) is 17.6 Å². The zero-order valence-corrected chi connectivity index (χ0v) is 15.4. The molecule has 1 saturated heterocycles. The maximum atomic E-state index is 12.6. The summed E-state index contributed by atoms with van der Waals surface area (Å²) in [6, 6.07) is 3.96. The van der Waals surface area contributed by atoms with Crippen molar-refractivity contribution in [3.05, 3.63) is 39.7 Å². The molecule has 1 N–H and O–H groups in total. The minimum Gasteiger partial charge on any atom is -0.368 e. The van der Waals surface area contributed by atoms with Crippen molar-refractivity contribution in [2.24, 2.45) is 0 Å². The van der Waals surface area contributed by atoms with E-state index in [1.165, 1.54) is 23.3 Å². The van der Waals surface area contributed by atoms with E-state index in [0.717, 1.165) is 50.3 Å². The van der Waals surface area contributed by atoms with Gasteiger partial charge >= 0.3 is 0 Å². The van der Waals surface area contributed by atoms with Crippen LogP contribution in [-0.2, 0) is 12.8 Å². The van der Waals surface area contributed by atoms with Crippen molar-refractivity contribution in [2.45, 2.75) is 25.7 Å². The molecule has 6 heteroatoms. The molecule has 25 heavy (non-hydrogen) atoms. The third kappa shape index (κ3) is 3.55. The number of carbonyl (C=O) groups is 1. The van der Waals surface area contributed by atoms with Crippen LogP contribution in [0, 0.1) is 0 Å². The number of pyridine rings is 1. The molecule has 2 aromatic rings. The molecule has 0 atom stereocenters. The van der Waals surface area contributed by atoms with Crippen molar-refractivity contribution in [1.29, 1.82) is 0 Å². The molecule has 0 bridgehead atoms. The maximum Gasteiger partial charge on any atom is 0.257 e. The molecule has 0 spiro atoms. The SMILES string of the molecule is CN1CCN(c2ccc(NC(=O)c3csc4c3CCCC4)nc2)CC1. The monoisotopic (exact) mass is 356 g/mol. The molecule has 1 amide bonds. The van der Waals surface area contributed by atoms with Crippen molar-refractivity contribution in [2.75, 3.05) is 43.4 Å². The topological polar surface area (TPSA) is 48.5 Å². The number of amides is 1. The first-order valence-corrected chi connectivity index (χ1v) is 9.89. The highest BCUT2D eigenvalue weighted by atomic mass is 32.1. The van der Waals surface area contributed by atoms with E-state index < -0.39 is 0 Å². The van der Waals surface area contributed by atoms with Gasteiger partial charge in [-0.1, -0.05) is 0 Å². The van der Waals surface area contributed by atoms with E-state index in [0.29, 0.717) is 5.82 Å². The summed E-state index contributed by atoms with van der Waals surface area (Å²) in [5.74, 6) is 0.595. The van der Waals surface area contributed by atoms with Crippen LogP contribution >= 0.6 is 11.3 Å². The number of likely N-dealkylation sites (N-methyl/N-ethyl adjacent to an activating group) is 1. The summed E-state index contributed by atoms with van der Waals surface area (Å²) in [7, 11) is 2.15. The lowest BCUT2D eigenvalue weighted by Gasteiger charge is -2.33. The molecule has 5 nitrogen and oxygen atoms in total. The van der Waals surface area contributed by atoms with E-state index in [9.17, 15) is 4.79 Å². The highest BCUT2D eigenvalue weighted by Crippen LogP contribution is 2.30. The maximum absolute atomic E-state index is 12.6. The molecule has 0 radical (unpaired) electrons. The molecular weight excluding hydrogens is 332 g/mol. The highest BCUT2D eigenvalue weighted by molar-refractivity contribution is 7.10. The van der Waals surface area contributed by atoms with Crippen LogP contribution < -0.4 is 10.2 Å². The number of carbonyl (C=O) groups excluding carboxylic acids is 1. The third-order valence-corrected chi connectivity index (χ3v) is 6.25. The van der Waals surface area contributed by atoms with E-state index in [-0.39, 0.29) is 5.91 Å². The molecule has 0 aromatic carbocycles. The number of hydrogen-bond donors (Lipinski definition) is 1. The van der Waals surface area contributed by atoms with Gasteiger partial charge in [0.25, 0.3) is 5.91 Å². The zero-order chi connectivity index (χ0) is 17.2. The normalized spacial score (nSPS) is 18.0. The fourth-order valence-electron chi connectivity index (χ4n) is 3.58. The lowest BCUT2D eigenvalue weighted by atomic mass is 9.96. The standard InChI is InChI=1S/C19H24N4OS/c1-22-8-10-23(11-9-22)14-6-7-18(20-12-14)21-19(24)16-13-25-17-5-3-2-4-15(16)17/h6-7,12-13H,2-5,8-11H2,1H3,(H,20,21,24). The average molecular weight is 356 g/mol. The fraction of sp³-hybridized carbons (Fsp3) is 0.474. The Bertz CT molecular complexity index is 747. The predicted molar refractivity (Wildman–Crippen MR) is 103 cm³/mol. The molecule has 0 saturated carbocycles. The first kappa shape index (κ1) is 16.5. The van der Waals surface area contributed by atoms with Gasteiger partial charge in [-0.25, -0.2) is 4.98 Å². The number of aryl methyl sites for hydroxylation is 1. The summed E-state index contributed by atoms with van der Waals surface area (Å²) in [5.41, 5.74) is 3.21. The van der Waals surface area contributed by atoms with Crippen LogP contribution in [0.2, 0.25) is 0 Å². The molecule has 132 valence electrons. The van der Waals surface area contributed by atoms with Crippen molar-refractivity contribution in [3.63, 3.8) is 0 Å². The number of fused-ring (bicyclic) bond motifs is 1. The molecule has 3 heterocycles. The number of anilines is 2. The van der Waals surface area contributed by atoms with Crippen LogP contribution in [0.25, 0.3) is 0 Å². The van der Waals surface area contributed by atoms with E-state index >= 15 is 0 Å². The van der Waals surface area contributed by atoms with Crippen LogP contribution in [0.15, 0.2) is 23.7 Å². The Labute approximate surface area is 152 Å². The Balaban J connectivity index is 1.42. The molecule has 1 aliphatic carbocycles.